The Morgan fingerprint density at radius 3 is 2.59 bits per heavy atom. The molecule has 2 heterocycles. The van der Waals surface area contributed by atoms with Gasteiger partial charge in [0, 0.05) is 43.2 Å². The van der Waals surface area contributed by atoms with E-state index in [0.717, 1.165) is 53.9 Å². The number of rotatable bonds is 6. The first-order valence-electron chi connectivity index (χ1n) is 9.82. The van der Waals surface area contributed by atoms with E-state index in [-0.39, 0.29) is 0 Å². The summed E-state index contributed by atoms with van der Waals surface area (Å²) in [5.41, 5.74) is 3.54. The fourth-order valence-electron chi connectivity index (χ4n) is 3.83. The second kappa shape index (κ2) is 8.95. The van der Waals surface area contributed by atoms with Crippen LogP contribution in [0.25, 0.3) is 10.6 Å². The Balaban J connectivity index is 1.53. The molecule has 4 rings (SSSR count). The fraction of sp³-hybridized carbons (Fsp3) is 0.348. The van der Waals surface area contributed by atoms with Gasteiger partial charge in [-0.1, -0.05) is 30.3 Å². The number of piperazine rings is 1. The smallest absolute Gasteiger partial charge is 0.161 e. The Labute approximate surface area is 176 Å². The Morgan fingerprint density at radius 2 is 1.83 bits per heavy atom. The lowest BCUT2D eigenvalue weighted by Gasteiger charge is -2.40. The van der Waals surface area contributed by atoms with Gasteiger partial charge in [-0.3, -0.25) is 4.90 Å². The predicted molar refractivity (Wildman–Crippen MR) is 118 cm³/mol. The van der Waals surface area contributed by atoms with Gasteiger partial charge in [0.1, 0.15) is 5.01 Å². The van der Waals surface area contributed by atoms with Crippen LogP contribution in [0.1, 0.15) is 17.3 Å². The maximum Gasteiger partial charge on any atom is 0.161 e. The summed E-state index contributed by atoms with van der Waals surface area (Å²) in [7, 11) is 5.51. The summed E-state index contributed by atoms with van der Waals surface area (Å²) in [5, 5.41) is 3.18. The third-order valence-electron chi connectivity index (χ3n) is 5.43. The van der Waals surface area contributed by atoms with Gasteiger partial charge >= 0.3 is 0 Å². The lowest BCUT2D eigenvalue weighted by molar-refractivity contribution is 0.0824. The molecule has 1 saturated heterocycles. The van der Waals surface area contributed by atoms with Crippen molar-refractivity contribution < 1.29 is 9.47 Å². The highest BCUT2D eigenvalue weighted by atomic mass is 32.1. The molecule has 1 aliphatic rings. The number of likely N-dealkylation sites (N-methyl/N-ethyl adjacent to an activating group) is 1. The number of aromatic nitrogens is 1. The van der Waals surface area contributed by atoms with E-state index in [4.69, 9.17) is 14.5 Å². The molecule has 1 aromatic heterocycles. The maximum absolute atomic E-state index is 5.44. The average molecular weight is 410 g/mol. The molecule has 3 aromatic rings. The minimum Gasteiger partial charge on any atom is -0.493 e. The SMILES string of the molecule is COc1ccc(-c2nc(CN3CCN(C)CC3c3ccccc3)cs2)cc1OC. The van der Waals surface area contributed by atoms with Crippen molar-refractivity contribution in [2.24, 2.45) is 0 Å². The number of benzene rings is 2. The van der Waals surface area contributed by atoms with E-state index < -0.39 is 0 Å². The van der Waals surface area contributed by atoms with Gasteiger partial charge in [-0.05, 0) is 30.8 Å². The topological polar surface area (TPSA) is 37.8 Å². The van der Waals surface area contributed by atoms with Gasteiger partial charge in [0.05, 0.1) is 19.9 Å². The number of thiazole rings is 1. The van der Waals surface area contributed by atoms with Crippen LogP contribution >= 0.6 is 11.3 Å². The van der Waals surface area contributed by atoms with Gasteiger partial charge in [0.15, 0.2) is 11.5 Å². The Kier molecular flexibility index (Phi) is 6.13. The second-order valence-electron chi connectivity index (χ2n) is 7.37. The summed E-state index contributed by atoms with van der Waals surface area (Å²) in [6, 6.07) is 17.1. The van der Waals surface area contributed by atoms with Crippen LogP contribution in [0, 0.1) is 0 Å². The highest BCUT2D eigenvalue weighted by Crippen LogP contribution is 2.34. The molecule has 0 radical (unpaired) electrons. The van der Waals surface area contributed by atoms with E-state index in [1.54, 1.807) is 25.6 Å². The molecule has 0 aliphatic carbocycles. The largest absolute Gasteiger partial charge is 0.493 e. The van der Waals surface area contributed by atoms with Crippen molar-refractivity contribution in [3.63, 3.8) is 0 Å². The quantitative estimate of drug-likeness (QED) is 0.606. The molecule has 0 amide bonds. The summed E-state index contributed by atoms with van der Waals surface area (Å²) in [4.78, 5) is 9.87. The van der Waals surface area contributed by atoms with Crippen molar-refractivity contribution in [2.75, 3.05) is 40.9 Å². The first-order valence-corrected chi connectivity index (χ1v) is 10.7. The lowest BCUT2D eigenvalue weighted by atomic mass is 10.0. The van der Waals surface area contributed by atoms with E-state index in [0.29, 0.717) is 6.04 Å². The van der Waals surface area contributed by atoms with Crippen LogP contribution in [-0.2, 0) is 6.54 Å². The van der Waals surface area contributed by atoms with E-state index in [1.807, 2.05) is 18.2 Å². The number of nitrogens with zero attached hydrogens (tertiary/aromatic N) is 3. The van der Waals surface area contributed by atoms with E-state index in [2.05, 4.69) is 52.6 Å². The van der Waals surface area contributed by atoms with E-state index >= 15 is 0 Å². The van der Waals surface area contributed by atoms with Gasteiger partial charge in [-0.15, -0.1) is 11.3 Å². The molecule has 5 nitrogen and oxygen atoms in total. The van der Waals surface area contributed by atoms with Crippen LogP contribution in [0.2, 0.25) is 0 Å². The fourth-order valence-corrected chi connectivity index (χ4v) is 4.64. The first kappa shape index (κ1) is 19.9. The minimum absolute atomic E-state index is 0.390. The Hall–Kier alpha value is -2.41. The molecule has 0 bridgehead atoms. The molecule has 1 unspecified atom stereocenters. The standard InChI is InChI=1S/C23H27N3O2S/c1-25-11-12-26(20(15-25)17-7-5-4-6-8-17)14-19-16-29-23(24-19)18-9-10-21(27-2)22(13-18)28-3/h4-10,13,16,20H,11-12,14-15H2,1-3H3. The summed E-state index contributed by atoms with van der Waals surface area (Å²) < 4.78 is 10.8. The average Bonchev–Trinajstić information content (AvgIpc) is 3.23. The minimum atomic E-state index is 0.390. The number of methoxy groups -OCH3 is 2. The molecule has 6 heteroatoms. The first-order chi connectivity index (χ1) is 14.2. The van der Waals surface area contributed by atoms with Crippen LogP contribution < -0.4 is 9.47 Å². The predicted octanol–water partition coefficient (Wildman–Crippen LogP) is 4.32. The van der Waals surface area contributed by atoms with Gasteiger partial charge in [0.2, 0.25) is 0 Å². The lowest BCUT2D eigenvalue weighted by Crippen LogP contribution is -2.46. The van der Waals surface area contributed by atoms with Crippen molar-refractivity contribution >= 4 is 11.3 Å². The molecule has 29 heavy (non-hydrogen) atoms. The normalized spacial score (nSPS) is 18.0. The Morgan fingerprint density at radius 1 is 1.03 bits per heavy atom. The van der Waals surface area contributed by atoms with Gasteiger partial charge in [-0.2, -0.15) is 0 Å². The van der Waals surface area contributed by atoms with Crippen LogP contribution in [0.3, 0.4) is 0 Å². The molecular formula is C23H27N3O2S. The molecule has 0 spiro atoms. The summed E-state index contributed by atoms with van der Waals surface area (Å²) in [5.74, 6) is 1.46. The summed E-state index contributed by atoms with van der Waals surface area (Å²) in [6.45, 7) is 4.02. The van der Waals surface area contributed by atoms with Gasteiger partial charge < -0.3 is 14.4 Å². The zero-order chi connectivity index (χ0) is 20.2. The third kappa shape index (κ3) is 4.45. The van der Waals surface area contributed by atoms with Crippen molar-refractivity contribution in [3.8, 4) is 22.1 Å². The molecule has 1 atom stereocenters. The van der Waals surface area contributed by atoms with Crippen molar-refractivity contribution in [1.82, 2.24) is 14.8 Å². The number of hydrogen-bond acceptors (Lipinski definition) is 6. The van der Waals surface area contributed by atoms with Crippen LogP contribution in [0.4, 0.5) is 0 Å². The van der Waals surface area contributed by atoms with E-state index in [9.17, 15) is 0 Å². The Bertz CT molecular complexity index is 944. The summed E-state index contributed by atoms with van der Waals surface area (Å²) in [6.07, 6.45) is 0. The molecule has 0 N–H and O–H groups in total. The molecule has 0 saturated carbocycles. The maximum atomic E-state index is 5.44. The third-order valence-corrected chi connectivity index (χ3v) is 6.37. The van der Waals surface area contributed by atoms with Crippen molar-refractivity contribution in [3.05, 3.63) is 65.2 Å². The molecular weight excluding hydrogens is 382 g/mol. The molecule has 1 fully saturated rings. The monoisotopic (exact) mass is 409 g/mol. The van der Waals surface area contributed by atoms with Crippen LogP contribution in [0.5, 0.6) is 11.5 Å². The second-order valence-corrected chi connectivity index (χ2v) is 8.23. The number of hydrogen-bond donors (Lipinski definition) is 0. The molecule has 1 aliphatic heterocycles. The zero-order valence-electron chi connectivity index (χ0n) is 17.2. The van der Waals surface area contributed by atoms with Gasteiger partial charge in [-0.25, -0.2) is 4.98 Å². The molecule has 152 valence electrons. The molecule has 2 aromatic carbocycles. The highest BCUT2D eigenvalue weighted by Gasteiger charge is 2.27. The number of ether oxygens (including phenoxy) is 2. The van der Waals surface area contributed by atoms with E-state index in [1.165, 1.54) is 5.56 Å². The highest BCUT2D eigenvalue weighted by molar-refractivity contribution is 7.13. The van der Waals surface area contributed by atoms with Crippen molar-refractivity contribution in [1.29, 1.82) is 0 Å². The van der Waals surface area contributed by atoms with Crippen molar-refractivity contribution in [2.45, 2.75) is 12.6 Å². The summed E-state index contributed by atoms with van der Waals surface area (Å²) >= 11 is 1.68. The van der Waals surface area contributed by atoms with Crippen LogP contribution in [-0.4, -0.2) is 55.7 Å². The van der Waals surface area contributed by atoms with Gasteiger partial charge in [0.25, 0.3) is 0 Å². The zero-order valence-corrected chi connectivity index (χ0v) is 18.0. The van der Waals surface area contributed by atoms with Crippen LogP contribution in [0.15, 0.2) is 53.9 Å².